The van der Waals surface area contributed by atoms with E-state index in [2.05, 4.69) is 5.32 Å². The van der Waals surface area contributed by atoms with E-state index in [-0.39, 0.29) is 37.2 Å². The van der Waals surface area contributed by atoms with Crippen LogP contribution in [0.5, 0.6) is 11.5 Å². The minimum atomic E-state index is -0.210. The summed E-state index contributed by atoms with van der Waals surface area (Å²) in [4.78, 5) is 38.7. The molecule has 8 heteroatoms. The maximum atomic E-state index is 12.8. The monoisotopic (exact) mass is 454 g/mol. The van der Waals surface area contributed by atoms with E-state index in [1.807, 2.05) is 32.0 Å². The Morgan fingerprint density at radius 1 is 1.12 bits per heavy atom. The predicted molar refractivity (Wildman–Crippen MR) is 124 cm³/mol. The van der Waals surface area contributed by atoms with Crippen LogP contribution < -0.4 is 19.7 Å². The Hall–Kier alpha value is -3.39. The van der Waals surface area contributed by atoms with Gasteiger partial charge in [-0.15, -0.1) is 0 Å². The Balaban J connectivity index is 1.63. The van der Waals surface area contributed by atoms with E-state index in [1.165, 1.54) is 0 Å². The van der Waals surface area contributed by atoms with Crippen LogP contribution in [-0.4, -0.2) is 57.6 Å². The van der Waals surface area contributed by atoms with E-state index >= 15 is 0 Å². The van der Waals surface area contributed by atoms with Gasteiger partial charge in [0, 0.05) is 32.2 Å². The highest BCUT2D eigenvalue weighted by Crippen LogP contribution is 2.33. The molecule has 176 valence electrons. The number of aryl methyl sites for hydroxylation is 2. The van der Waals surface area contributed by atoms with Gasteiger partial charge in [-0.1, -0.05) is 6.07 Å². The van der Waals surface area contributed by atoms with E-state index in [0.717, 1.165) is 11.1 Å². The van der Waals surface area contributed by atoms with Crippen LogP contribution in [0.4, 0.5) is 5.69 Å². The number of ether oxygens (including phenoxy) is 3. The van der Waals surface area contributed by atoms with Crippen molar-refractivity contribution in [2.45, 2.75) is 26.7 Å². The second-order valence-electron chi connectivity index (χ2n) is 8.00. The molecule has 2 aromatic rings. The second-order valence-corrected chi connectivity index (χ2v) is 8.00. The van der Waals surface area contributed by atoms with Gasteiger partial charge < -0.3 is 24.4 Å². The van der Waals surface area contributed by atoms with Gasteiger partial charge in [-0.05, 0) is 61.7 Å². The highest BCUT2D eigenvalue weighted by Gasteiger charge is 2.26. The van der Waals surface area contributed by atoms with Gasteiger partial charge in [-0.2, -0.15) is 0 Å². The molecule has 1 aliphatic rings. The molecule has 0 radical (unpaired) electrons. The molecule has 0 aromatic heterocycles. The van der Waals surface area contributed by atoms with Crippen LogP contribution in [0.1, 0.15) is 34.3 Å². The molecular weight excluding hydrogens is 424 g/mol. The van der Waals surface area contributed by atoms with E-state index in [0.29, 0.717) is 48.9 Å². The summed E-state index contributed by atoms with van der Waals surface area (Å²) >= 11 is 0. The third kappa shape index (κ3) is 6.79. The predicted octanol–water partition coefficient (Wildman–Crippen LogP) is 2.83. The molecule has 0 spiro atoms. The van der Waals surface area contributed by atoms with Crippen molar-refractivity contribution in [2.75, 3.05) is 44.9 Å². The number of amides is 2. The van der Waals surface area contributed by atoms with Crippen molar-refractivity contribution in [3.63, 3.8) is 0 Å². The number of ketones is 1. The van der Waals surface area contributed by atoms with Crippen molar-refractivity contribution in [1.29, 1.82) is 0 Å². The summed E-state index contributed by atoms with van der Waals surface area (Å²) in [5, 5.41) is 2.76. The molecule has 8 nitrogen and oxygen atoms in total. The van der Waals surface area contributed by atoms with Crippen LogP contribution in [0.2, 0.25) is 0 Å². The summed E-state index contributed by atoms with van der Waals surface area (Å²) in [5.41, 5.74) is 3.08. The van der Waals surface area contributed by atoms with Crippen LogP contribution in [-0.2, 0) is 14.3 Å². The van der Waals surface area contributed by atoms with Gasteiger partial charge in [0.25, 0.3) is 5.91 Å². The SMILES string of the molecule is COCCNC(=O)CCCN1C(=O)COc2ccc(C(=O)COc3cc(C)cc(C)c3)cc21. The van der Waals surface area contributed by atoms with Crippen molar-refractivity contribution in [2.24, 2.45) is 0 Å². The van der Waals surface area contributed by atoms with Crippen LogP contribution in [0.15, 0.2) is 36.4 Å². The van der Waals surface area contributed by atoms with Crippen molar-refractivity contribution in [3.8, 4) is 11.5 Å². The number of carbonyl (C=O) groups excluding carboxylic acids is 3. The summed E-state index contributed by atoms with van der Waals surface area (Å²) in [5.74, 6) is 0.667. The van der Waals surface area contributed by atoms with Crippen molar-refractivity contribution in [1.82, 2.24) is 5.32 Å². The average Bonchev–Trinajstić information content (AvgIpc) is 2.78. The van der Waals surface area contributed by atoms with Crippen LogP contribution >= 0.6 is 0 Å². The van der Waals surface area contributed by atoms with Gasteiger partial charge in [-0.25, -0.2) is 0 Å². The Morgan fingerprint density at radius 3 is 2.61 bits per heavy atom. The lowest BCUT2D eigenvalue weighted by atomic mass is 10.1. The van der Waals surface area contributed by atoms with Crippen LogP contribution in [0.3, 0.4) is 0 Å². The zero-order valence-corrected chi connectivity index (χ0v) is 19.3. The first-order valence-corrected chi connectivity index (χ1v) is 10.9. The minimum absolute atomic E-state index is 0.0733. The fraction of sp³-hybridized carbons (Fsp3) is 0.400. The van der Waals surface area contributed by atoms with Gasteiger partial charge >= 0.3 is 0 Å². The smallest absolute Gasteiger partial charge is 0.265 e. The van der Waals surface area contributed by atoms with E-state index < -0.39 is 0 Å². The fourth-order valence-electron chi connectivity index (χ4n) is 3.65. The van der Waals surface area contributed by atoms with Crippen molar-refractivity contribution >= 4 is 23.3 Å². The molecule has 0 fully saturated rings. The number of carbonyl (C=O) groups is 3. The van der Waals surface area contributed by atoms with Crippen LogP contribution in [0.25, 0.3) is 0 Å². The lowest BCUT2D eigenvalue weighted by Crippen LogP contribution is -2.40. The summed E-state index contributed by atoms with van der Waals surface area (Å²) in [6.45, 7) is 5.01. The molecule has 1 N–H and O–H groups in total. The lowest BCUT2D eigenvalue weighted by molar-refractivity contribution is -0.123. The van der Waals surface area contributed by atoms with Gasteiger partial charge in [0.2, 0.25) is 5.91 Å². The number of fused-ring (bicyclic) bond motifs is 1. The van der Waals surface area contributed by atoms with Crippen molar-refractivity contribution < 1.29 is 28.6 Å². The van der Waals surface area contributed by atoms with Crippen LogP contribution in [0, 0.1) is 13.8 Å². The third-order valence-electron chi connectivity index (χ3n) is 5.20. The third-order valence-corrected chi connectivity index (χ3v) is 5.20. The van der Waals surface area contributed by atoms with Gasteiger partial charge in [0.1, 0.15) is 11.5 Å². The second kappa shape index (κ2) is 11.5. The molecule has 0 unspecified atom stereocenters. The number of anilines is 1. The highest BCUT2D eigenvalue weighted by atomic mass is 16.5. The molecule has 2 amide bonds. The zero-order valence-electron chi connectivity index (χ0n) is 19.3. The highest BCUT2D eigenvalue weighted by molar-refractivity contribution is 6.02. The molecule has 0 bridgehead atoms. The first kappa shape index (κ1) is 24.3. The molecule has 33 heavy (non-hydrogen) atoms. The molecule has 1 aliphatic heterocycles. The summed E-state index contributed by atoms with van der Waals surface area (Å²) in [6.07, 6.45) is 0.768. The molecular formula is C25H30N2O6. The molecule has 2 aromatic carbocycles. The van der Waals surface area contributed by atoms with Gasteiger partial charge in [0.05, 0.1) is 12.3 Å². The summed E-state index contributed by atoms with van der Waals surface area (Å²) < 4.78 is 16.1. The lowest BCUT2D eigenvalue weighted by Gasteiger charge is -2.29. The number of rotatable bonds is 11. The first-order chi connectivity index (χ1) is 15.9. The molecule has 1 heterocycles. The topological polar surface area (TPSA) is 94.2 Å². The molecule has 0 atom stereocenters. The molecule has 0 aliphatic carbocycles. The Kier molecular flexibility index (Phi) is 8.43. The number of benzene rings is 2. The number of Topliss-reactive ketones (excluding diaryl/α,β-unsaturated/α-hetero) is 1. The zero-order chi connectivity index (χ0) is 23.8. The molecule has 0 saturated carbocycles. The average molecular weight is 455 g/mol. The fourth-order valence-corrected chi connectivity index (χ4v) is 3.65. The number of methoxy groups -OCH3 is 1. The quantitative estimate of drug-likeness (QED) is 0.415. The Morgan fingerprint density at radius 2 is 1.88 bits per heavy atom. The maximum Gasteiger partial charge on any atom is 0.265 e. The summed E-state index contributed by atoms with van der Waals surface area (Å²) in [7, 11) is 1.57. The van der Waals surface area contributed by atoms with E-state index in [9.17, 15) is 14.4 Å². The standard InChI is InChI=1S/C25H30N2O6/c1-17-11-18(2)13-20(12-17)32-15-22(28)19-6-7-23-21(14-19)27(25(30)16-33-23)9-4-5-24(29)26-8-10-31-3/h6-7,11-14H,4-5,8-10,15-16H2,1-3H3,(H,26,29). The Labute approximate surface area is 193 Å². The van der Waals surface area contributed by atoms with Crippen molar-refractivity contribution in [3.05, 3.63) is 53.1 Å². The normalized spacial score (nSPS) is 12.7. The number of hydrogen-bond donors (Lipinski definition) is 1. The molecule has 0 saturated heterocycles. The first-order valence-electron chi connectivity index (χ1n) is 10.9. The Bertz CT molecular complexity index is 1000. The number of nitrogens with zero attached hydrogens (tertiary/aromatic N) is 1. The van der Waals surface area contributed by atoms with Gasteiger partial charge in [-0.3, -0.25) is 14.4 Å². The van der Waals surface area contributed by atoms with E-state index in [4.69, 9.17) is 14.2 Å². The maximum absolute atomic E-state index is 12.8. The van der Waals surface area contributed by atoms with E-state index in [1.54, 1.807) is 30.2 Å². The summed E-state index contributed by atoms with van der Waals surface area (Å²) in [6, 6.07) is 10.8. The van der Waals surface area contributed by atoms with Gasteiger partial charge in [0.15, 0.2) is 19.0 Å². The largest absolute Gasteiger partial charge is 0.485 e. The molecule has 3 rings (SSSR count). The number of hydrogen-bond acceptors (Lipinski definition) is 6. The minimum Gasteiger partial charge on any atom is -0.485 e. The number of nitrogens with one attached hydrogen (secondary N) is 1.